The SMILES string of the molecule is Cc1cccc(C(=O)c2cn(CCN)cn2)c1C. The molecule has 0 bridgehead atoms. The van der Waals surface area contributed by atoms with E-state index in [1.165, 1.54) is 0 Å². The van der Waals surface area contributed by atoms with Gasteiger partial charge in [0, 0.05) is 24.8 Å². The molecule has 0 atom stereocenters. The zero-order valence-electron chi connectivity index (χ0n) is 10.7. The Morgan fingerprint density at radius 3 is 2.89 bits per heavy atom. The van der Waals surface area contributed by atoms with Crippen molar-refractivity contribution in [2.75, 3.05) is 6.54 Å². The van der Waals surface area contributed by atoms with Crippen LogP contribution in [0.3, 0.4) is 0 Å². The maximum Gasteiger partial charge on any atom is 0.213 e. The molecule has 0 saturated carbocycles. The van der Waals surface area contributed by atoms with Crippen molar-refractivity contribution in [3.63, 3.8) is 0 Å². The Balaban J connectivity index is 2.32. The maximum atomic E-state index is 12.3. The Bertz CT molecular complexity index is 572. The first-order valence-corrected chi connectivity index (χ1v) is 5.96. The molecular weight excluding hydrogens is 226 g/mol. The van der Waals surface area contributed by atoms with E-state index in [4.69, 9.17) is 5.73 Å². The summed E-state index contributed by atoms with van der Waals surface area (Å²) in [6.07, 6.45) is 3.39. The van der Waals surface area contributed by atoms with Crippen LogP contribution in [0.1, 0.15) is 27.2 Å². The highest BCUT2D eigenvalue weighted by Gasteiger charge is 2.14. The molecule has 4 heteroatoms. The first kappa shape index (κ1) is 12.5. The third-order valence-corrected chi connectivity index (χ3v) is 3.10. The molecule has 0 aliphatic rings. The van der Waals surface area contributed by atoms with Gasteiger partial charge in [-0.3, -0.25) is 4.79 Å². The van der Waals surface area contributed by atoms with Crippen LogP contribution < -0.4 is 5.73 Å². The van der Waals surface area contributed by atoms with Gasteiger partial charge in [-0.25, -0.2) is 4.98 Å². The van der Waals surface area contributed by atoms with Crippen LogP contribution in [0.15, 0.2) is 30.7 Å². The number of nitrogens with zero attached hydrogens (tertiary/aromatic N) is 2. The second-order valence-electron chi connectivity index (χ2n) is 4.36. The van der Waals surface area contributed by atoms with Crippen LogP contribution >= 0.6 is 0 Å². The molecule has 0 saturated heterocycles. The molecule has 4 nitrogen and oxygen atoms in total. The largest absolute Gasteiger partial charge is 0.335 e. The Hall–Kier alpha value is -1.94. The second kappa shape index (κ2) is 5.14. The van der Waals surface area contributed by atoms with Gasteiger partial charge in [-0.05, 0) is 25.0 Å². The molecule has 0 aliphatic carbocycles. The number of aromatic nitrogens is 2. The molecular formula is C14H17N3O. The average molecular weight is 243 g/mol. The number of carbonyl (C=O) groups is 1. The molecule has 0 unspecified atom stereocenters. The zero-order chi connectivity index (χ0) is 13.1. The van der Waals surface area contributed by atoms with Crippen LogP contribution in [-0.2, 0) is 6.54 Å². The van der Waals surface area contributed by atoms with Crippen LogP contribution in [0.2, 0.25) is 0 Å². The Morgan fingerprint density at radius 1 is 1.39 bits per heavy atom. The third kappa shape index (κ3) is 2.33. The number of ketones is 1. The first-order chi connectivity index (χ1) is 8.63. The topological polar surface area (TPSA) is 60.9 Å². The summed E-state index contributed by atoms with van der Waals surface area (Å²) < 4.78 is 1.83. The second-order valence-corrected chi connectivity index (χ2v) is 4.36. The van der Waals surface area contributed by atoms with Gasteiger partial charge in [0.1, 0.15) is 5.69 Å². The Morgan fingerprint density at radius 2 is 2.17 bits per heavy atom. The third-order valence-electron chi connectivity index (χ3n) is 3.10. The summed E-state index contributed by atoms with van der Waals surface area (Å²) in [5.74, 6) is -0.0352. The summed E-state index contributed by atoms with van der Waals surface area (Å²) in [6.45, 7) is 5.17. The predicted molar refractivity (Wildman–Crippen MR) is 70.6 cm³/mol. The molecule has 0 fully saturated rings. The quantitative estimate of drug-likeness (QED) is 0.831. The van der Waals surface area contributed by atoms with Gasteiger partial charge in [0.25, 0.3) is 0 Å². The van der Waals surface area contributed by atoms with Crippen molar-refractivity contribution in [2.45, 2.75) is 20.4 Å². The van der Waals surface area contributed by atoms with Crippen molar-refractivity contribution in [1.82, 2.24) is 9.55 Å². The Kier molecular flexibility index (Phi) is 3.58. The molecule has 0 amide bonds. The lowest BCUT2D eigenvalue weighted by Crippen LogP contribution is -2.08. The van der Waals surface area contributed by atoms with Crippen molar-refractivity contribution in [2.24, 2.45) is 5.73 Å². The van der Waals surface area contributed by atoms with Crippen molar-refractivity contribution in [3.8, 4) is 0 Å². The van der Waals surface area contributed by atoms with Crippen LogP contribution in [-0.4, -0.2) is 21.9 Å². The van der Waals surface area contributed by atoms with Crippen LogP contribution in [0.5, 0.6) is 0 Å². The summed E-state index contributed by atoms with van der Waals surface area (Å²) >= 11 is 0. The minimum atomic E-state index is -0.0352. The molecule has 94 valence electrons. The van der Waals surface area contributed by atoms with E-state index >= 15 is 0 Å². The van der Waals surface area contributed by atoms with Crippen molar-refractivity contribution < 1.29 is 4.79 Å². The van der Waals surface area contributed by atoms with Crippen molar-refractivity contribution in [1.29, 1.82) is 0 Å². The first-order valence-electron chi connectivity index (χ1n) is 5.96. The molecule has 2 aromatic rings. The molecule has 0 spiro atoms. The fraction of sp³-hybridized carbons (Fsp3) is 0.286. The van der Waals surface area contributed by atoms with Crippen LogP contribution in [0, 0.1) is 13.8 Å². The Labute approximate surface area is 106 Å². The monoisotopic (exact) mass is 243 g/mol. The summed E-state index contributed by atoms with van der Waals surface area (Å²) in [4.78, 5) is 16.5. The highest BCUT2D eigenvalue weighted by atomic mass is 16.1. The van der Waals surface area contributed by atoms with Crippen LogP contribution in [0.4, 0.5) is 0 Å². The van der Waals surface area contributed by atoms with E-state index in [9.17, 15) is 4.79 Å². The normalized spacial score (nSPS) is 10.6. The molecule has 1 aromatic carbocycles. The van der Waals surface area contributed by atoms with Gasteiger partial charge in [0.2, 0.25) is 5.78 Å². The van der Waals surface area contributed by atoms with E-state index in [0.717, 1.165) is 11.1 Å². The smallest absolute Gasteiger partial charge is 0.213 e. The summed E-state index contributed by atoms with van der Waals surface area (Å²) in [6, 6.07) is 5.73. The van der Waals surface area contributed by atoms with Gasteiger partial charge in [0.05, 0.1) is 6.33 Å². The number of imidazole rings is 1. The zero-order valence-corrected chi connectivity index (χ0v) is 10.7. The van der Waals surface area contributed by atoms with E-state index in [0.29, 0.717) is 24.3 Å². The number of carbonyl (C=O) groups excluding carboxylic acids is 1. The van der Waals surface area contributed by atoms with Gasteiger partial charge < -0.3 is 10.3 Å². The highest BCUT2D eigenvalue weighted by Crippen LogP contribution is 2.16. The molecule has 1 heterocycles. The van der Waals surface area contributed by atoms with E-state index in [1.807, 2.05) is 36.6 Å². The number of hydrogen-bond donors (Lipinski definition) is 1. The fourth-order valence-electron chi connectivity index (χ4n) is 1.88. The number of aryl methyl sites for hydroxylation is 1. The van der Waals surface area contributed by atoms with Gasteiger partial charge in [-0.2, -0.15) is 0 Å². The highest BCUT2D eigenvalue weighted by molar-refractivity contribution is 6.08. The van der Waals surface area contributed by atoms with E-state index < -0.39 is 0 Å². The van der Waals surface area contributed by atoms with E-state index in [1.54, 1.807) is 12.5 Å². The number of rotatable bonds is 4. The molecule has 2 N–H and O–H groups in total. The summed E-state index contributed by atoms with van der Waals surface area (Å²) in [7, 11) is 0. The van der Waals surface area contributed by atoms with Gasteiger partial charge >= 0.3 is 0 Å². The van der Waals surface area contributed by atoms with Gasteiger partial charge in [0.15, 0.2) is 0 Å². The van der Waals surface area contributed by atoms with Crippen LogP contribution in [0.25, 0.3) is 0 Å². The lowest BCUT2D eigenvalue weighted by molar-refractivity contribution is 0.103. The van der Waals surface area contributed by atoms with E-state index in [-0.39, 0.29) is 5.78 Å². The fourth-order valence-corrected chi connectivity index (χ4v) is 1.88. The number of hydrogen-bond acceptors (Lipinski definition) is 3. The summed E-state index contributed by atoms with van der Waals surface area (Å²) in [5.41, 5.74) is 8.78. The molecule has 2 rings (SSSR count). The van der Waals surface area contributed by atoms with Crippen molar-refractivity contribution >= 4 is 5.78 Å². The van der Waals surface area contributed by atoms with E-state index in [2.05, 4.69) is 4.98 Å². The standard InChI is InChI=1S/C14H17N3O/c1-10-4-3-5-12(11(10)2)14(18)13-8-17(7-6-15)9-16-13/h3-5,8-9H,6-7,15H2,1-2H3. The number of nitrogens with two attached hydrogens (primary N) is 1. The molecule has 1 aromatic heterocycles. The average Bonchev–Trinajstić information content (AvgIpc) is 2.81. The minimum Gasteiger partial charge on any atom is -0.335 e. The van der Waals surface area contributed by atoms with Gasteiger partial charge in [-0.15, -0.1) is 0 Å². The maximum absolute atomic E-state index is 12.3. The lowest BCUT2D eigenvalue weighted by Gasteiger charge is -2.05. The summed E-state index contributed by atoms with van der Waals surface area (Å²) in [5, 5.41) is 0. The predicted octanol–water partition coefficient (Wildman–Crippen LogP) is 1.69. The minimum absolute atomic E-state index is 0.0352. The number of benzene rings is 1. The molecule has 0 radical (unpaired) electrons. The molecule has 0 aliphatic heterocycles. The molecule has 18 heavy (non-hydrogen) atoms. The van der Waals surface area contributed by atoms with Crippen molar-refractivity contribution in [3.05, 3.63) is 53.1 Å². The van der Waals surface area contributed by atoms with Gasteiger partial charge in [-0.1, -0.05) is 18.2 Å². The lowest BCUT2D eigenvalue weighted by atomic mass is 9.99.